The van der Waals surface area contributed by atoms with Crippen molar-refractivity contribution in [1.29, 1.82) is 0 Å². The van der Waals surface area contributed by atoms with Crippen LogP contribution in [0.4, 0.5) is 0 Å². The van der Waals surface area contributed by atoms with E-state index in [1.807, 2.05) is 44.2 Å². The molecule has 6 heteroatoms. The van der Waals surface area contributed by atoms with Gasteiger partial charge < -0.3 is 14.5 Å². The van der Waals surface area contributed by atoms with E-state index in [0.717, 1.165) is 48.4 Å². The third-order valence-corrected chi connectivity index (χ3v) is 6.18. The van der Waals surface area contributed by atoms with Crippen molar-refractivity contribution in [3.05, 3.63) is 75.1 Å². The van der Waals surface area contributed by atoms with Crippen LogP contribution in [0.1, 0.15) is 46.1 Å². The van der Waals surface area contributed by atoms with Gasteiger partial charge in [-0.3, -0.25) is 14.5 Å². The molecule has 3 aromatic rings. The Hall–Kier alpha value is -3.12. The average Bonchev–Trinajstić information content (AvgIpc) is 3.31. The van der Waals surface area contributed by atoms with Gasteiger partial charge in [0.25, 0.3) is 5.91 Å². The predicted octanol–water partition coefficient (Wildman–Crippen LogP) is 3.99. The minimum absolute atomic E-state index is 0.0427. The Labute approximate surface area is 181 Å². The predicted molar refractivity (Wildman–Crippen MR) is 121 cm³/mol. The molecule has 1 aliphatic heterocycles. The van der Waals surface area contributed by atoms with E-state index in [4.69, 9.17) is 9.15 Å². The summed E-state index contributed by atoms with van der Waals surface area (Å²) in [6.45, 7) is 6.28. The minimum Gasteiger partial charge on any atom is -0.497 e. The monoisotopic (exact) mass is 420 g/mol. The van der Waals surface area contributed by atoms with Gasteiger partial charge in [-0.2, -0.15) is 0 Å². The second kappa shape index (κ2) is 8.94. The highest BCUT2D eigenvalue weighted by molar-refractivity contribution is 5.93. The average molecular weight is 421 g/mol. The van der Waals surface area contributed by atoms with Crippen molar-refractivity contribution in [3.63, 3.8) is 0 Å². The molecule has 1 fully saturated rings. The lowest BCUT2D eigenvalue weighted by molar-refractivity contribution is 0.0910. The van der Waals surface area contributed by atoms with Gasteiger partial charge in [0.15, 0.2) is 11.2 Å². The van der Waals surface area contributed by atoms with E-state index in [1.54, 1.807) is 13.2 Å². The van der Waals surface area contributed by atoms with Crippen LogP contribution in [0, 0.1) is 13.8 Å². The van der Waals surface area contributed by atoms with Gasteiger partial charge in [-0.15, -0.1) is 0 Å². The number of nitrogens with one attached hydrogen (secondary N) is 1. The molecule has 1 N–H and O–H groups in total. The number of likely N-dealkylation sites (tertiary alicyclic amines) is 1. The fourth-order valence-corrected chi connectivity index (χ4v) is 4.18. The summed E-state index contributed by atoms with van der Waals surface area (Å²) in [5.41, 5.74) is 3.28. The van der Waals surface area contributed by atoms with Crippen molar-refractivity contribution in [3.8, 4) is 5.75 Å². The first-order chi connectivity index (χ1) is 15.0. The third kappa shape index (κ3) is 4.35. The normalized spacial score (nSPS) is 15.2. The zero-order chi connectivity index (χ0) is 22.0. The molecule has 2 heterocycles. The smallest absolute Gasteiger partial charge is 0.287 e. The number of benzene rings is 2. The van der Waals surface area contributed by atoms with Crippen LogP contribution in [-0.2, 0) is 0 Å². The summed E-state index contributed by atoms with van der Waals surface area (Å²) >= 11 is 0. The lowest BCUT2D eigenvalue weighted by Gasteiger charge is -2.28. The fraction of sp³-hybridized carbons (Fsp3) is 0.360. The van der Waals surface area contributed by atoms with Crippen molar-refractivity contribution in [2.75, 3.05) is 26.7 Å². The molecule has 31 heavy (non-hydrogen) atoms. The number of fused-ring (bicyclic) bond motifs is 1. The van der Waals surface area contributed by atoms with Crippen LogP contribution in [0.2, 0.25) is 0 Å². The number of carbonyl (C=O) groups is 1. The molecule has 1 amide bonds. The maximum absolute atomic E-state index is 12.9. The highest BCUT2D eigenvalue weighted by Crippen LogP contribution is 2.26. The molecule has 0 aliphatic carbocycles. The van der Waals surface area contributed by atoms with Crippen molar-refractivity contribution in [1.82, 2.24) is 10.2 Å². The SMILES string of the molecule is COc1ccc([C@@H](CNC(=O)c2cc(=O)c3ccc(C)c(C)c3o2)N2CCCC2)cc1. The number of rotatable bonds is 6. The molecule has 1 saturated heterocycles. The lowest BCUT2D eigenvalue weighted by atomic mass is 10.0. The van der Waals surface area contributed by atoms with Crippen LogP contribution >= 0.6 is 0 Å². The van der Waals surface area contributed by atoms with E-state index in [1.165, 1.54) is 6.07 Å². The van der Waals surface area contributed by atoms with Gasteiger partial charge >= 0.3 is 0 Å². The second-order valence-electron chi connectivity index (χ2n) is 8.10. The number of methoxy groups -OCH3 is 1. The first kappa shape index (κ1) is 21.1. The maximum Gasteiger partial charge on any atom is 0.287 e. The molecular formula is C25H28N2O4. The van der Waals surface area contributed by atoms with Gasteiger partial charge in [-0.1, -0.05) is 18.2 Å². The van der Waals surface area contributed by atoms with E-state index in [0.29, 0.717) is 17.5 Å². The third-order valence-electron chi connectivity index (χ3n) is 6.18. The Morgan fingerprint density at radius 1 is 1.13 bits per heavy atom. The molecule has 6 nitrogen and oxygen atoms in total. The van der Waals surface area contributed by atoms with E-state index in [-0.39, 0.29) is 23.1 Å². The van der Waals surface area contributed by atoms with Gasteiger partial charge in [-0.25, -0.2) is 0 Å². The Kier molecular flexibility index (Phi) is 6.09. The highest BCUT2D eigenvalue weighted by atomic mass is 16.5. The lowest BCUT2D eigenvalue weighted by Crippen LogP contribution is -2.37. The standard InChI is InChI=1S/C25H28N2O4/c1-16-6-11-20-22(28)14-23(31-24(20)17(16)2)25(29)26-15-21(27-12-4-5-13-27)18-7-9-19(30-3)10-8-18/h6-11,14,21H,4-5,12-13,15H2,1-3H3,(H,26,29)/t21-/m1/s1. The van der Waals surface area contributed by atoms with Crippen molar-refractivity contribution in [2.24, 2.45) is 0 Å². The summed E-state index contributed by atoms with van der Waals surface area (Å²) in [6, 6.07) is 12.9. The van der Waals surface area contributed by atoms with Crippen LogP contribution in [0.5, 0.6) is 5.75 Å². The molecule has 1 aliphatic rings. The van der Waals surface area contributed by atoms with Gasteiger partial charge in [0.05, 0.1) is 18.5 Å². The number of carbonyl (C=O) groups excluding carboxylic acids is 1. The van der Waals surface area contributed by atoms with Crippen LogP contribution in [0.25, 0.3) is 11.0 Å². The molecule has 0 spiro atoms. The number of aryl methyl sites for hydroxylation is 2. The summed E-state index contributed by atoms with van der Waals surface area (Å²) in [7, 11) is 1.65. The summed E-state index contributed by atoms with van der Waals surface area (Å²) in [4.78, 5) is 27.8. The summed E-state index contributed by atoms with van der Waals surface area (Å²) in [5.74, 6) is 0.468. The summed E-state index contributed by atoms with van der Waals surface area (Å²) in [6.07, 6.45) is 2.30. The van der Waals surface area contributed by atoms with Crippen molar-refractivity contribution >= 4 is 16.9 Å². The van der Waals surface area contributed by atoms with Gasteiger partial charge in [0.2, 0.25) is 0 Å². The topological polar surface area (TPSA) is 71.8 Å². The van der Waals surface area contributed by atoms with E-state index in [9.17, 15) is 9.59 Å². The number of ether oxygens (including phenoxy) is 1. The van der Waals surface area contributed by atoms with Crippen molar-refractivity contribution < 1.29 is 13.9 Å². The highest BCUT2D eigenvalue weighted by Gasteiger charge is 2.25. The van der Waals surface area contributed by atoms with E-state index < -0.39 is 0 Å². The summed E-state index contributed by atoms with van der Waals surface area (Å²) in [5, 5.41) is 3.48. The molecule has 0 saturated carbocycles. The minimum atomic E-state index is -0.377. The van der Waals surface area contributed by atoms with Crippen molar-refractivity contribution in [2.45, 2.75) is 32.7 Å². The number of amides is 1. The number of hydrogen-bond donors (Lipinski definition) is 1. The van der Waals surface area contributed by atoms with Crippen LogP contribution < -0.4 is 15.5 Å². The van der Waals surface area contributed by atoms with Gasteiger partial charge in [0.1, 0.15) is 11.3 Å². The Balaban J connectivity index is 1.57. The molecule has 162 valence electrons. The zero-order valence-electron chi connectivity index (χ0n) is 18.2. The molecule has 0 radical (unpaired) electrons. The van der Waals surface area contributed by atoms with Crippen LogP contribution in [-0.4, -0.2) is 37.6 Å². The molecule has 1 aromatic heterocycles. The maximum atomic E-state index is 12.9. The molecule has 4 rings (SSSR count). The fourth-order valence-electron chi connectivity index (χ4n) is 4.18. The quantitative estimate of drug-likeness (QED) is 0.653. The molecule has 0 bridgehead atoms. The number of hydrogen-bond acceptors (Lipinski definition) is 5. The first-order valence-electron chi connectivity index (χ1n) is 10.7. The Morgan fingerprint density at radius 3 is 2.52 bits per heavy atom. The second-order valence-corrected chi connectivity index (χ2v) is 8.10. The molecule has 2 aromatic carbocycles. The molecular weight excluding hydrogens is 392 g/mol. The van der Waals surface area contributed by atoms with E-state index in [2.05, 4.69) is 10.2 Å². The van der Waals surface area contributed by atoms with Crippen LogP contribution in [0.15, 0.2) is 51.7 Å². The first-order valence-corrected chi connectivity index (χ1v) is 10.7. The summed E-state index contributed by atoms with van der Waals surface area (Å²) < 4.78 is 11.1. The molecule has 0 unspecified atom stereocenters. The Morgan fingerprint density at radius 2 is 1.84 bits per heavy atom. The van der Waals surface area contributed by atoms with Crippen LogP contribution in [0.3, 0.4) is 0 Å². The molecule has 1 atom stereocenters. The van der Waals surface area contributed by atoms with E-state index >= 15 is 0 Å². The zero-order valence-corrected chi connectivity index (χ0v) is 18.2. The Bertz CT molecular complexity index is 1140. The van der Waals surface area contributed by atoms with Gasteiger partial charge in [0, 0.05) is 12.6 Å². The number of nitrogens with zero attached hydrogens (tertiary/aromatic N) is 1. The largest absolute Gasteiger partial charge is 0.497 e. The van der Waals surface area contributed by atoms with Gasteiger partial charge in [-0.05, 0) is 74.7 Å².